The number of nitrogens with zero attached hydrogens (tertiary/aromatic N) is 3. The first-order valence-corrected chi connectivity index (χ1v) is 12.0. The number of carbonyl (C=O) groups is 3. The Morgan fingerprint density at radius 3 is 2.24 bits per heavy atom. The average Bonchev–Trinajstić information content (AvgIpc) is 2.77. The number of allylic oxidation sites excluding steroid dienone is 1. The number of benzene rings is 1. The summed E-state index contributed by atoms with van der Waals surface area (Å²) in [6, 6.07) is 0.810. The fourth-order valence-electron chi connectivity index (χ4n) is 6.21. The Labute approximate surface area is 215 Å². The molecule has 0 bridgehead atoms. The molecule has 0 aromatic heterocycles. The van der Waals surface area contributed by atoms with Crippen molar-refractivity contribution >= 4 is 23.2 Å². The van der Waals surface area contributed by atoms with Gasteiger partial charge >= 0.3 is 0 Å². The Morgan fingerprint density at radius 2 is 1.73 bits per heavy atom. The molecule has 0 fully saturated rings. The fraction of sp³-hybridized carbons (Fsp3) is 0.500. The first-order valence-electron chi connectivity index (χ1n) is 12.0. The molecular weight excluding hydrogens is 480 g/mol. The van der Waals surface area contributed by atoms with Gasteiger partial charge in [-0.05, 0) is 58.6 Å². The Bertz CT molecular complexity index is 1280. The van der Waals surface area contributed by atoms with Gasteiger partial charge in [-0.15, -0.1) is 0 Å². The molecule has 200 valence electrons. The molecule has 4 atom stereocenters. The molecule has 1 unspecified atom stereocenters. The standard InChI is InChI=1S/C26H34N4O7/c1-28(2)10-12-9-15(29(3)4)13-7-11-8-14-19(30(5)6)22(33)18(25(27)36)24(35)26(14,37)23(34)16(11)21(32)17(13)20(12)31/h9,11,14,19,31,33-34,37H,7-8,10H2,1-6H3,(H2,27,36)/t11-,14-,19?,26+/m1/s1. The van der Waals surface area contributed by atoms with Crippen LogP contribution in [0.4, 0.5) is 5.69 Å². The average molecular weight is 515 g/mol. The van der Waals surface area contributed by atoms with Crippen LogP contribution in [0.1, 0.15) is 27.9 Å². The molecule has 0 radical (unpaired) electrons. The number of aliphatic hydroxyl groups excluding tert-OH is 2. The maximum Gasteiger partial charge on any atom is 0.255 e. The topological polar surface area (TPSA) is 168 Å². The third-order valence-corrected chi connectivity index (χ3v) is 7.75. The van der Waals surface area contributed by atoms with E-state index in [1.807, 2.05) is 44.1 Å². The van der Waals surface area contributed by atoms with Gasteiger partial charge < -0.3 is 36.0 Å². The van der Waals surface area contributed by atoms with E-state index in [0.717, 1.165) is 5.69 Å². The maximum atomic E-state index is 13.9. The number of carbonyl (C=O) groups excluding carboxylic acids is 3. The lowest BCUT2D eigenvalue weighted by Gasteiger charge is -2.50. The van der Waals surface area contributed by atoms with Gasteiger partial charge in [0.1, 0.15) is 22.8 Å². The van der Waals surface area contributed by atoms with E-state index in [1.54, 1.807) is 14.1 Å². The maximum absolute atomic E-state index is 13.9. The molecule has 3 aliphatic rings. The number of hydrogen-bond donors (Lipinski definition) is 5. The number of ketones is 2. The summed E-state index contributed by atoms with van der Waals surface area (Å²) < 4.78 is 0. The zero-order chi connectivity index (χ0) is 27.7. The molecule has 1 aromatic rings. The number of aromatic hydroxyl groups is 1. The van der Waals surface area contributed by atoms with Crippen LogP contribution in [-0.2, 0) is 22.6 Å². The van der Waals surface area contributed by atoms with Gasteiger partial charge in [-0.1, -0.05) is 0 Å². The van der Waals surface area contributed by atoms with Crippen molar-refractivity contribution in [2.45, 2.75) is 31.0 Å². The lowest BCUT2D eigenvalue weighted by molar-refractivity contribution is -0.148. The van der Waals surface area contributed by atoms with Crippen LogP contribution in [0.2, 0.25) is 0 Å². The van der Waals surface area contributed by atoms with Crippen LogP contribution in [0.3, 0.4) is 0 Å². The molecule has 1 aromatic carbocycles. The van der Waals surface area contributed by atoms with Crippen molar-refractivity contribution in [1.82, 2.24) is 9.80 Å². The van der Waals surface area contributed by atoms with Gasteiger partial charge in [0.15, 0.2) is 11.4 Å². The highest BCUT2D eigenvalue weighted by molar-refractivity contribution is 6.24. The van der Waals surface area contributed by atoms with Crippen LogP contribution in [0, 0.1) is 11.8 Å². The van der Waals surface area contributed by atoms with Gasteiger partial charge in [0.05, 0.1) is 11.6 Å². The van der Waals surface area contributed by atoms with E-state index in [2.05, 4.69) is 0 Å². The fourth-order valence-corrected chi connectivity index (χ4v) is 6.21. The number of hydrogen-bond acceptors (Lipinski definition) is 10. The third-order valence-electron chi connectivity index (χ3n) is 7.75. The summed E-state index contributed by atoms with van der Waals surface area (Å²) in [7, 11) is 10.5. The SMILES string of the molecule is CN(C)Cc1cc(N(C)C)c2c(c1O)C(=O)C1=C(O)[C@]3(O)C(=O)C(C(N)=O)=C(O)C(N(C)C)[C@H]3C[C@H]1C2. The number of Topliss-reactive ketones (excluding diaryl/α,β-unsaturated/α-hetero) is 2. The van der Waals surface area contributed by atoms with E-state index in [9.17, 15) is 34.8 Å². The van der Waals surface area contributed by atoms with E-state index in [-0.39, 0.29) is 29.7 Å². The van der Waals surface area contributed by atoms with Gasteiger partial charge in [0.2, 0.25) is 5.78 Å². The molecule has 1 amide bonds. The molecular formula is C26H34N4O7. The summed E-state index contributed by atoms with van der Waals surface area (Å²) in [5.74, 6) is -6.52. The Kier molecular flexibility index (Phi) is 6.38. The number of rotatable bonds is 5. The van der Waals surface area contributed by atoms with E-state index >= 15 is 0 Å². The minimum absolute atomic E-state index is 0.0174. The summed E-state index contributed by atoms with van der Waals surface area (Å²) in [4.78, 5) is 44.6. The lowest BCUT2D eigenvalue weighted by Crippen LogP contribution is -2.63. The smallest absolute Gasteiger partial charge is 0.255 e. The summed E-state index contributed by atoms with van der Waals surface area (Å²) >= 11 is 0. The number of aliphatic hydroxyl groups is 3. The second kappa shape index (κ2) is 8.86. The molecule has 0 saturated heterocycles. The summed E-state index contributed by atoms with van der Waals surface area (Å²) in [5, 5.41) is 45.1. The van der Waals surface area contributed by atoms with Gasteiger partial charge in [-0.2, -0.15) is 0 Å². The van der Waals surface area contributed by atoms with Crippen molar-refractivity contribution in [2.24, 2.45) is 17.6 Å². The molecule has 4 rings (SSSR count). The van der Waals surface area contributed by atoms with Crippen LogP contribution in [-0.4, -0.2) is 102 Å². The molecule has 0 saturated carbocycles. The molecule has 0 heterocycles. The van der Waals surface area contributed by atoms with Gasteiger partial charge in [-0.25, -0.2) is 0 Å². The van der Waals surface area contributed by atoms with E-state index in [1.165, 1.54) is 4.90 Å². The number of likely N-dealkylation sites (N-methyl/N-ethyl adjacent to an activating group) is 1. The summed E-state index contributed by atoms with van der Waals surface area (Å²) in [5.41, 5.74) is 3.60. The number of anilines is 1. The Hall–Kier alpha value is -3.41. The highest BCUT2D eigenvalue weighted by Gasteiger charge is 2.63. The van der Waals surface area contributed by atoms with Gasteiger partial charge in [0, 0.05) is 43.4 Å². The summed E-state index contributed by atoms with van der Waals surface area (Å²) in [6.07, 6.45) is 0.302. The molecule has 37 heavy (non-hydrogen) atoms. The molecule has 11 heteroatoms. The molecule has 11 nitrogen and oxygen atoms in total. The van der Waals surface area contributed by atoms with Crippen LogP contribution in [0.5, 0.6) is 5.75 Å². The van der Waals surface area contributed by atoms with Crippen molar-refractivity contribution in [1.29, 1.82) is 0 Å². The third kappa shape index (κ3) is 3.72. The van der Waals surface area contributed by atoms with Crippen LogP contribution in [0.25, 0.3) is 0 Å². The second-order valence-electron chi connectivity index (χ2n) is 10.9. The number of nitrogens with two attached hydrogens (primary N) is 1. The van der Waals surface area contributed by atoms with Gasteiger partial charge in [0.25, 0.3) is 5.91 Å². The molecule has 0 aliphatic heterocycles. The van der Waals surface area contributed by atoms with Crippen LogP contribution >= 0.6 is 0 Å². The highest BCUT2D eigenvalue weighted by Crippen LogP contribution is 2.53. The number of primary amides is 1. The summed E-state index contributed by atoms with van der Waals surface area (Å²) in [6.45, 7) is 0.350. The van der Waals surface area contributed by atoms with E-state index < -0.39 is 58.0 Å². The number of phenols is 1. The monoisotopic (exact) mass is 514 g/mol. The van der Waals surface area contributed by atoms with Crippen molar-refractivity contribution in [3.63, 3.8) is 0 Å². The lowest BCUT2D eigenvalue weighted by atomic mass is 9.58. The van der Waals surface area contributed by atoms with Crippen molar-refractivity contribution in [3.8, 4) is 5.75 Å². The molecule has 6 N–H and O–H groups in total. The van der Waals surface area contributed by atoms with Crippen molar-refractivity contribution < 1.29 is 34.8 Å². The van der Waals surface area contributed by atoms with E-state index in [0.29, 0.717) is 17.7 Å². The van der Waals surface area contributed by atoms with Crippen molar-refractivity contribution in [3.05, 3.63) is 45.4 Å². The Balaban J connectivity index is 1.98. The van der Waals surface area contributed by atoms with E-state index in [4.69, 9.17) is 5.73 Å². The largest absolute Gasteiger partial charge is 0.510 e. The predicted molar refractivity (Wildman–Crippen MR) is 135 cm³/mol. The first-order chi connectivity index (χ1) is 17.1. The predicted octanol–water partition coefficient (Wildman–Crippen LogP) is 0.248. The van der Waals surface area contributed by atoms with Crippen molar-refractivity contribution in [2.75, 3.05) is 47.2 Å². The molecule has 0 spiro atoms. The van der Waals surface area contributed by atoms with Crippen LogP contribution in [0.15, 0.2) is 28.7 Å². The normalized spacial score (nSPS) is 27.4. The zero-order valence-electron chi connectivity index (χ0n) is 21.9. The quantitative estimate of drug-likeness (QED) is 0.344. The Morgan fingerprint density at radius 1 is 1.11 bits per heavy atom. The minimum atomic E-state index is -2.65. The second-order valence-corrected chi connectivity index (χ2v) is 10.9. The number of amides is 1. The number of phenolic OH excluding ortho intramolecular Hbond substituents is 1. The van der Waals surface area contributed by atoms with Gasteiger partial charge in [-0.3, -0.25) is 19.3 Å². The highest BCUT2D eigenvalue weighted by atomic mass is 16.3. The van der Waals surface area contributed by atoms with Crippen LogP contribution < -0.4 is 10.6 Å². The number of fused-ring (bicyclic) bond motifs is 3. The zero-order valence-corrected chi connectivity index (χ0v) is 21.9. The minimum Gasteiger partial charge on any atom is -0.510 e. The first kappa shape index (κ1) is 26.6. The molecule has 3 aliphatic carbocycles.